The summed E-state index contributed by atoms with van der Waals surface area (Å²) in [5.74, 6) is 2.27. The SMILES string of the molecule is CC(C)C(CNCC1Cc2ccccc2N1)C(C)C. The summed E-state index contributed by atoms with van der Waals surface area (Å²) in [6.07, 6.45) is 1.15. The van der Waals surface area contributed by atoms with Crippen LogP contribution in [-0.2, 0) is 6.42 Å². The molecule has 1 heterocycles. The number of nitrogens with one attached hydrogen (secondary N) is 2. The average Bonchev–Trinajstić information content (AvgIpc) is 2.76. The van der Waals surface area contributed by atoms with Crippen LogP contribution in [0.25, 0.3) is 0 Å². The fraction of sp³-hybridized carbons (Fsp3) is 0.647. The van der Waals surface area contributed by atoms with Gasteiger partial charge in [0.15, 0.2) is 0 Å². The van der Waals surface area contributed by atoms with Gasteiger partial charge < -0.3 is 10.6 Å². The minimum absolute atomic E-state index is 0.553. The van der Waals surface area contributed by atoms with Crippen LogP contribution in [0.2, 0.25) is 0 Å². The molecule has 0 radical (unpaired) electrons. The van der Waals surface area contributed by atoms with Crippen LogP contribution in [0.5, 0.6) is 0 Å². The van der Waals surface area contributed by atoms with E-state index >= 15 is 0 Å². The maximum Gasteiger partial charge on any atom is 0.0427 e. The van der Waals surface area contributed by atoms with Crippen LogP contribution >= 0.6 is 0 Å². The van der Waals surface area contributed by atoms with Crippen LogP contribution in [0.4, 0.5) is 5.69 Å². The third-order valence-electron chi connectivity index (χ3n) is 4.33. The van der Waals surface area contributed by atoms with Crippen LogP contribution in [0.15, 0.2) is 24.3 Å². The van der Waals surface area contributed by atoms with Gasteiger partial charge >= 0.3 is 0 Å². The summed E-state index contributed by atoms with van der Waals surface area (Å²) in [7, 11) is 0. The predicted molar refractivity (Wildman–Crippen MR) is 83.6 cm³/mol. The Balaban J connectivity index is 1.76. The molecular formula is C17H28N2. The number of hydrogen-bond acceptors (Lipinski definition) is 2. The average molecular weight is 260 g/mol. The van der Waals surface area contributed by atoms with Crippen molar-refractivity contribution in [3.8, 4) is 0 Å². The lowest BCUT2D eigenvalue weighted by Crippen LogP contribution is -2.36. The van der Waals surface area contributed by atoms with Crippen molar-refractivity contribution in [1.82, 2.24) is 5.32 Å². The Kier molecular flexibility index (Phi) is 4.87. The first-order valence-corrected chi connectivity index (χ1v) is 7.63. The minimum atomic E-state index is 0.553. The summed E-state index contributed by atoms with van der Waals surface area (Å²) in [5, 5.41) is 7.27. The molecule has 19 heavy (non-hydrogen) atoms. The van der Waals surface area contributed by atoms with E-state index in [1.165, 1.54) is 11.3 Å². The minimum Gasteiger partial charge on any atom is -0.380 e. The fourth-order valence-corrected chi connectivity index (χ4v) is 3.16. The number of fused-ring (bicyclic) bond motifs is 1. The van der Waals surface area contributed by atoms with Gasteiger partial charge in [-0.15, -0.1) is 0 Å². The van der Waals surface area contributed by atoms with E-state index in [9.17, 15) is 0 Å². The molecular weight excluding hydrogens is 232 g/mol. The van der Waals surface area contributed by atoms with Crippen molar-refractivity contribution in [2.45, 2.75) is 40.2 Å². The molecule has 0 amide bonds. The lowest BCUT2D eigenvalue weighted by Gasteiger charge is -2.26. The molecule has 1 aliphatic rings. The molecule has 106 valence electrons. The van der Waals surface area contributed by atoms with Crippen LogP contribution in [0.3, 0.4) is 0 Å². The molecule has 0 spiro atoms. The number of hydrogen-bond donors (Lipinski definition) is 2. The van der Waals surface area contributed by atoms with E-state index in [0.717, 1.165) is 37.3 Å². The standard InChI is InChI=1S/C17H28N2/c1-12(2)16(13(3)4)11-18-10-15-9-14-7-5-6-8-17(14)19-15/h5-8,12-13,15-16,18-19H,9-11H2,1-4H3. The van der Waals surface area contributed by atoms with E-state index in [0.29, 0.717) is 6.04 Å². The van der Waals surface area contributed by atoms with E-state index in [1.807, 2.05) is 0 Å². The molecule has 2 N–H and O–H groups in total. The Hall–Kier alpha value is -1.02. The first-order valence-electron chi connectivity index (χ1n) is 7.63. The number of para-hydroxylation sites is 1. The molecule has 0 saturated carbocycles. The highest BCUT2D eigenvalue weighted by molar-refractivity contribution is 5.56. The third kappa shape index (κ3) is 3.73. The molecule has 1 aromatic carbocycles. The van der Waals surface area contributed by atoms with Crippen molar-refractivity contribution >= 4 is 5.69 Å². The van der Waals surface area contributed by atoms with Crippen molar-refractivity contribution in [2.24, 2.45) is 17.8 Å². The molecule has 1 atom stereocenters. The maximum absolute atomic E-state index is 3.66. The maximum atomic E-state index is 3.66. The van der Waals surface area contributed by atoms with Crippen LogP contribution in [0, 0.1) is 17.8 Å². The summed E-state index contributed by atoms with van der Waals surface area (Å²) in [6, 6.07) is 9.20. The van der Waals surface area contributed by atoms with Gasteiger partial charge in [-0.1, -0.05) is 45.9 Å². The molecule has 2 heteroatoms. The summed E-state index contributed by atoms with van der Waals surface area (Å²) >= 11 is 0. The van der Waals surface area contributed by atoms with Gasteiger partial charge in [0.1, 0.15) is 0 Å². The summed E-state index contributed by atoms with van der Waals surface area (Å²) in [5.41, 5.74) is 2.78. The Labute approximate surface area is 118 Å². The summed E-state index contributed by atoms with van der Waals surface area (Å²) in [6.45, 7) is 11.5. The largest absolute Gasteiger partial charge is 0.380 e. The predicted octanol–water partition coefficient (Wildman–Crippen LogP) is 3.54. The number of benzene rings is 1. The van der Waals surface area contributed by atoms with Crippen molar-refractivity contribution in [2.75, 3.05) is 18.4 Å². The van der Waals surface area contributed by atoms with E-state index in [1.54, 1.807) is 0 Å². The molecule has 0 saturated heterocycles. The Morgan fingerprint density at radius 3 is 2.47 bits per heavy atom. The summed E-state index contributed by atoms with van der Waals surface area (Å²) < 4.78 is 0. The highest BCUT2D eigenvalue weighted by Crippen LogP contribution is 2.25. The van der Waals surface area contributed by atoms with Gasteiger partial charge in [0.25, 0.3) is 0 Å². The second kappa shape index (κ2) is 6.42. The van der Waals surface area contributed by atoms with Gasteiger partial charge in [-0.3, -0.25) is 0 Å². The van der Waals surface area contributed by atoms with Crippen LogP contribution < -0.4 is 10.6 Å². The topological polar surface area (TPSA) is 24.1 Å². The Morgan fingerprint density at radius 2 is 1.84 bits per heavy atom. The molecule has 1 aromatic rings. The molecule has 0 bridgehead atoms. The van der Waals surface area contributed by atoms with Crippen LogP contribution in [-0.4, -0.2) is 19.1 Å². The van der Waals surface area contributed by atoms with Crippen molar-refractivity contribution < 1.29 is 0 Å². The highest BCUT2D eigenvalue weighted by Gasteiger charge is 2.21. The van der Waals surface area contributed by atoms with Gasteiger partial charge in [0, 0.05) is 18.3 Å². The zero-order valence-corrected chi connectivity index (χ0v) is 12.7. The first kappa shape index (κ1) is 14.4. The monoisotopic (exact) mass is 260 g/mol. The van der Waals surface area contributed by atoms with Crippen molar-refractivity contribution in [3.63, 3.8) is 0 Å². The lowest BCUT2D eigenvalue weighted by atomic mass is 9.85. The first-order chi connectivity index (χ1) is 9.08. The van der Waals surface area contributed by atoms with E-state index < -0.39 is 0 Å². The van der Waals surface area contributed by atoms with Crippen molar-refractivity contribution in [3.05, 3.63) is 29.8 Å². The Bertz CT molecular complexity index is 365. The fourth-order valence-electron chi connectivity index (χ4n) is 3.16. The van der Waals surface area contributed by atoms with E-state index in [4.69, 9.17) is 0 Å². The lowest BCUT2D eigenvalue weighted by molar-refractivity contribution is 0.275. The van der Waals surface area contributed by atoms with E-state index in [2.05, 4.69) is 62.6 Å². The molecule has 0 fully saturated rings. The Morgan fingerprint density at radius 1 is 1.16 bits per heavy atom. The summed E-state index contributed by atoms with van der Waals surface area (Å²) in [4.78, 5) is 0. The van der Waals surface area contributed by atoms with Gasteiger partial charge in [0.2, 0.25) is 0 Å². The molecule has 0 aliphatic carbocycles. The number of anilines is 1. The van der Waals surface area contributed by atoms with E-state index in [-0.39, 0.29) is 0 Å². The zero-order chi connectivity index (χ0) is 13.8. The second-order valence-electron chi connectivity index (χ2n) is 6.51. The molecule has 2 nitrogen and oxygen atoms in total. The van der Waals surface area contributed by atoms with Crippen LogP contribution in [0.1, 0.15) is 33.3 Å². The highest BCUT2D eigenvalue weighted by atomic mass is 15.0. The van der Waals surface area contributed by atoms with Gasteiger partial charge in [-0.25, -0.2) is 0 Å². The molecule has 1 aliphatic heterocycles. The van der Waals surface area contributed by atoms with Gasteiger partial charge in [-0.05, 0) is 42.3 Å². The molecule has 1 unspecified atom stereocenters. The van der Waals surface area contributed by atoms with Crippen molar-refractivity contribution in [1.29, 1.82) is 0 Å². The second-order valence-corrected chi connectivity index (χ2v) is 6.51. The third-order valence-corrected chi connectivity index (χ3v) is 4.33. The number of rotatable bonds is 6. The normalized spacial score (nSPS) is 18.2. The molecule has 2 rings (SSSR count). The van der Waals surface area contributed by atoms with Gasteiger partial charge in [0.05, 0.1) is 0 Å². The smallest absolute Gasteiger partial charge is 0.0427 e. The quantitative estimate of drug-likeness (QED) is 0.817. The zero-order valence-electron chi connectivity index (χ0n) is 12.7. The van der Waals surface area contributed by atoms with Gasteiger partial charge in [-0.2, -0.15) is 0 Å². The molecule has 0 aromatic heterocycles.